The number of likely N-dealkylation sites (N-methyl/N-ethyl adjacent to an activating group) is 1. The number of phosphoric ester groups is 1. The van der Waals surface area contributed by atoms with Crippen LogP contribution in [0.15, 0.2) is 60.8 Å². The van der Waals surface area contributed by atoms with Gasteiger partial charge in [-0.1, -0.05) is 236 Å². The third kappa shape index (κ3) is 50.6. The smallest absolute Gasteiger partial charge is 0.306 e. The maximum absolute atomic E-state index is 13.5. The zero-order valence-electron chi connectivity index (χ0n) is 46.5. The molecule has 0 bridgehead atoms. The van der Waals surface area contributed by atoms with Gasteiger partial charge in [0.25, 0.3) is 7.82 Å². The Morgan fingerprint density at radius 1 is 0.500 bits per heavy atom. The number of rotatable bonds is 52. The van der Waals surface area contributed by atoms with E-state index in [1.807, 2.05) is 33.3 Å². The molecule has 10 heteroatoms. The van der Waals surface area contributed by atoms with Crippen LogP contribution in [0.25, 0.3) is 0 Å². The normalized spacial score (nSPS) is 14.2. The summed E-state index contributed by atoms with van der Waals surface area (Å²) in [5.41, 5.74) is 0. The fourth-order valence-electron chi connectivity index (χ4n) is 8.16. The van der Waals surface area contributed by atoms with E-state index < -0.39 is 26.6 Å². The maximum atomic E-state index is 13.5. The van der Waals surface area contributed by atoms with Crippen molar-refractivity contribution in [2.24, 2.45) is 0 Å². The van der Waals surface area contributed by atoms with Gasteiger partial charge in [-0.05, 0) is 70.3 Å². The second-order valence-electron chi connectivity index (χ2n) is 20.8. The van der Waals surface area contributed by atoms with Crippen LogP contribution in [0.3, 0.4) is 0 Å². The second-order valence-corrected chi connectivity index (χ2v) is 22.2. The van der Waals surface area contributed by atoms with E-state index in [0.717, 1.165) is 64.2 Å². The molecule has 0 aromatic carbocycles. The molecule has 0 aliphatic heterocycles. The van der Waals surface area contributed by atoms with Crippen LogP contribution in [0.4, 0.5) is 0 Å². The molecule has 9 nitrogen and oxygen atoms in total. The van der Waals surface area contributed by atoms with Crippen molar-refractivity contribution < 1.29 is 37.3 Å². The number of carbonyl (C=O) groups excluding carboxylic acids is 2. The highest BCUT2D eigenvalue weighted by atomic mass is 31.2. The van der Waals surface area contributed by atoms with E-state index in [4.69, 9.17) is 13.8 Å². The lowest BCUT2D eigenvalue weighted by atomic mass is 10.0. The van der Waals surface area contributed by atoms with E-state index in [2.05, 4.69) is 74.7 Å². The average Bonchev–Trinajstić information content (AvgIpc) is 3.32. The van der Waals surface area contributed by atoms with Gasteiger partial charge >= 0.3 is 5.97 Å². The minimum atomic E-state index is -4.71. The first-order valence-corrected chi connectivity index (χ1v) is 30.6. The van der Waals surface area contributed by atoms with Crippen LogP contribution in [0.5, 0.6) is 0 Å². The van der Waals surface area contributed by atoms with Crippen LogP contribution in [0, 0.1) is 0 Å². The van der Waals surface area contributed by atoms with Gasteiger partial charge in [-0.25, -0.2) is 0 Å². The van der Waals surface area contributed by atoms with E-state index in [9.17, 15) is 19.0 Å². The van der Waals surface area contributed by atoms with Gasteiger partial charge in [-0.15, -0.1) is 0 Å². The summed E-state index contributed by atoms with van der Waals surface area (Å²) in [5, 5.41) is 2.99. The number of carbonyl (C=O) groups is 2. The van der Waals surface area contributed by atoms with Gasteiger partial charge in [0.2, 0.25) is 5.91 Å². The van der Waals surface area contributed by atoms with Crippen molar-refractivity contribution in [1.29, 1.82) is 0 Å². The first-order chi connectivity index (χ1) is 33.9. The minimum absolute atomic E-state index is 0.0325. The molecule has 3 atom stereocenters. The molecule has 1 N–H and O–H groups in total. The third-order valence-corrected chi connectivity index (χ3v) is 13.7. The lowest BCUT2D eigenvalue weighted by molar-refractivity contribution is -0.870. The summed E-state index contributed by atoms with van der Waals surface area (Å²) in [6.07, 6.45) is 61.9. The Kier molecular flexibility index (Phi) is 48.6. The molecule has 0 aromatic rings. The molecule has 0 aromatic heterocycles. The Morgan fingerprint density at radius 3 is 1.36 bits per heavy atom. The van der Waals surface area contributed by atoms with E-state index >= 15 is 0 Å². The summed E-state index contributed by atoms with van der Waals surface area (Å²) >= 11 is 0. The fraction of sp³-hybridized carbons (Fsp3) is 0.800. The van der Waals surface area contributed by atoms with Crippen molar-refractivity contribution in [3.05, 3.63) is 60.8 Å². The molecule has 0 saturated carbocycles. The molecular weight excluding hydrogens is 892 g/mol. The lowest BCUT2D eigenvalue weighted by Gasteiger charge is -2.30. The van der Waals surface area contributed by atoms with Crippen LogP contribution < -0.4 is 10.2 Å². The molecule has 0 fully saturated rings. The van der Waals surface area contributed by atoms with Gasteiger partial charge in [0.05, 0.1) is 33.8 Å². The highest BCUT2D eigenvalue weighted by molar-refractivity contribution is 7.45. The number of esters is 1. The predicted molar refractivity (Wildman–Crippen MR) is 298 cm³/mol. The molecular formula is C60H111N2O7P. The quantitative estimate of drug-likeness (QED) is 0.0212. The first kappa shape index (κ1) is 67.7. The van der Waals surface area contributed by atoms with Gasteiger partial charge < -0.3 is 28.5 Å². The third-order valence-electron chi connectivity index (χ3n) is 12.7. The van der Waals surface area contributed by atoms with Crippen molar-refractivity contribution in [3.8, 4) is 0 Å². The number of allylic oxidation sites excluding steroid dienone is 9. The molecule has 3 unspecified atom stereocenters. The number of hydrogen-bond acceptors (Lipinski definition) is 7. The molecule has 1 amide bonds. The van der Waals surface area contributed by atoms with E-state index in [1.165, 1.54) is 154 Å². The number of nitrogens with zero attached hydrogens (tertiary/aromatic N) is 1. The number of hydrogen-bond donors (Lipinski definition) is 1. The molecule has 0 heterocycles. The largest absolute Gasteiger partial charge is 0.756 e. The first-order valence-electron chi connectivity index (χ1n) is 29.1. The molecule has 70 heavy (non-hydrogen) atoms. The van der Waals surface area contributed by atoms with Crippen molar-refractivity contribution in [2.45, 2.75) is 270 Å². The minimum Gasteiger partial charge on any atom is -0.756 e. The molecule has 0 aliphatic carbocycles. The van der Waals surface area contributed by atoms with Crippen molar-refractivity contribution in [1.82, 2.24) is 5.32 Å². The highest BCUT2D eigenvalue weighted by Crippen LogP contribution is 2.38. The Hall–Kier alpha value is -2.29. The number of quaternary nitrogens is 1. The maximum Gasteiger partial charge on any atom is 0.306 e. The number of nitrogens with one attached hydrogen (secondary N) is 1. The number of phosphoric acid groups is 1. The average molecular weight is 1000 g/mol. The number of unbranched alkanes of at least 4 members (excludes halogenated alkanes) is 28. The Balaban J connectivity index is 5.42. The van der Waals surface area contributed by atoms with Crippen molar-refractivity contribution in [2.75, 3.05) is 40.9 Å². The van der Waals surface area contributed by atoms with Crippen LogP contribution in [0.2, 0.25) is 0 Å². The summed E-state index contributed by atoms with van der Waals surface area (Å²) in [6.45, 7) is 6.77. The van der Waals surface area contributed by atoms with Gasteiger partial charge in [-0.3, -0.25) is 14.2 Å². The Labute approximate surface area is 432 Å². The van der Waals surface area contributed by atoms with Crippen molar-refractivity contribution in [3.63, 3.8) is 0 Å². The van der Waals surface area contributed by atoms with Crippen LogP contribution in [0.1, 0.15) is 258 Å². The monoisotopic (exact) mass is 1000 g/mol. The van der Waals surface area contributed by atoms with Gasteiger partial charge in [0.1, 0.15) is 19.3 Å². The van der Waals surface area contributed by atoms with E-state index in [0.29, 0.717) is 17.4 Å². The molecule has 0 spiro atoms. The fourth-order valence-corrected chi connectivity index (χ4v) is 8.88. The molecule has 0 rings (SSSR count). The Morgan fingerprint density at radius 2 is 0.886 bits per heavy atom. The van der Waals surface area contributed by atoms with E-state index in [-0.39, 0.29) is 31.3 Å². The van der Waals surface area contributed by atoms with Crippen LogP contribution in [-0.4, -0.2) is 69.4 Å². The summed E-state index contributed by atoms with van der Waals surface area (Å²) in [5.74, 6) is -0.602. The number of amides is 1. The summed E-state index contributed by atoms with van der Waals surface area (Å²) in [6, 6.07) is -0.915. The summed E-state index contributed by atoms with van der Waals surface area (Å²) in [7, 11) is 1.15. The predicted octanol–water partition coefficient (Wildman–Crippen LogP) is 16.9. The number of ether oxygens (including phenoxy) is 1. The molecule has 0 radical (unpaired) electrons. The summed E-state index contributed by atoms with van der Waals surface area (Å²) in [4.78, 5) is 39.8. The summed E-state index contributed by atoms with van der Waals surface area (Å²) < 4.78 is 30.2. The lowest BCUT2D eigenvalue weighted by Crippen LogP contribution is -2.47. The Bertz CT molecular complexity index is 1390. The second kappa shape index (κ2) is 50.3. The van der Waals surface area contributed by atoms with Crippen molar-refractivity contribution >= 4 is 19.7 Å². The standard InChI is InChI=1S/C60H111N2O7P/c1-7-10-13-16-19-22-25-28-30-31-33-34-37-40-43-46-49-52-59(63)61-57(56-68-70(65,66)67-55-54-62(4,5)6)58(51-48-45-42-39-36-27-24-21-18-15-12-9-3)69-60(64)53-50-47-44-41-38-35-32-29-26-23-20-17-14-11-8-2/h19,22,28,30,33-34,40,43,48,51,57-58H,7-18,20-21,23-27,29,31-32,35-39,41-42,44-47,49-50,52-56H2,1-6H3,(H-,61,63,65,66)/b22-19-,30-28-,34-33-,43-40-,51-48+. The SMILES string of the molecule is CCCCC/C=C\C/C=C\C/C=C\C/C=C\CCCC(=O)NC(COP(=O)([O-])OCC[N+](C)(C)C)C(/C=C/CCCCCCCCCCCC)OC(=O)CCCCCCCCCCCCCCCCC. The van der Waals surface area contributed by atoms with E-state index in [1.54, 1.807) is 0 Å². The van der Waals surface area contributed by atoms with Crippen LogP contribution >= 0.6 is 7.82 Å². The van der Waals surface area contributed by atoms with Gasteiger partial charge in [0, 0.05) is 12.8 Å². The topological polar surface area (TPSA) is 114 Å². The molecule has 0 saturated heterocycles. The zero-order chi connectivity index (χ0) is 51.5. The van der Waals surface area contributed by atoms with Gasteiger partial charge in [-0.2, -0.15) is 0 Å². The zero-order valence-corrected chi connectivity index (χ0v) is 47.4. The molecule has 408 valence electrons. The molecule has 0 aliphatic rings. The van der Waals surface area contributed by atoms with Crippen LogP contribution in [-0.2, 0) is 27.9 Å². The highest BCUT2D eigenvalue weighted by Gasteiger charge is 2.27. The van der Waals surface area contributed by atoms with Gasteiger partial charge in [0.15, 0.2) is 0 Å².